The number of amides is 1. The van der Waals surface area contributed by atoms with Gasteiger partial charge in [0, 0.05) is 35.6 Å². The summed E-state index contributed by atoms with van der Waals surface area (Å²) in [4.78, 5) is 20.7. The Kier molecular flexibility index (Phi) is 5.14. The topological polar surface area (TPSA) is 94.0 Å². The van der Waals surface area contributed by atoms with Gasteiger partial charge in [-0.05, 0) is 49.2 Å². The van der Waals surface area contributed by atoms with E-state index in [0.29, 0.717) is 12.1 Å². The van der Waals surface area contributed by atoms with Crippen LogP contribution in [0.4, 0.5) is 0 Å². The lowest BCUT2D eigenvalue weighted by Crippen LogP contribution is -2.13. The largest absolute Gasteiger partial charge is 0.508 e. The zero-order chi connectivity index (χ0) is 20.4. The van der Waals surface area contributed by atoms with Crippen LogP contribution in [0.1, 0.15) is 21.6 Å². The molecular weight excluding hydrogens is 384 g/mol. The fourth-order valence-corrected chi connectivity index (χ4v) is 4.14. The molecule has 1 amide bonds. The van der Waals surface area contributed by atoms with Crippen molar-refractivity contribution in [1.82, 2.24) is 14.5 Å². The predicted molar refractivity (Wildman–Crippen MR) is 114 cm³/mol. The van der Waals surface area contributed by atoms with Crippen molar-refractivity contribution in [3.63, 3.8) is 0 Å². The van der Waals surface area contributed by atoms with Gasteiger partial charge in [-0.3, -0.25) is 9.78 Å². The van der Waals surface area contributed by atoms with Gasteiger partial charge in [-0.2, -0.15) is 0 Å². The van der Waals surface area contributed by atoms with Crippen LogP contribution in [0.2, 0.25) is 0 Å². The van der Waals surface area contributed by atoms with Gasteiger partial charge in [0.2, 0.25) is 0 Å². The summed E-state index contributed by atoms with van der Waals surface area (Å²) in [6, 6.07) is 12.8. The molecule has 0 bridgehead atoms. The van der Waals surface area contributed by atoms with E-state index in [1.807, 2.05) is 42.6 Å². The average Bonchev–Trinajstić information content (AvgIpc) is 3.33. The van der Waals surface area contributed by atoms with E-state index in [9.17, 15) is 9.90 Å². The van der Waals surface area contributed by atoms with Gasteiger partial charge in [-0.25, -0.2) is 4.98 Å². The van der Waals surface area contributed by atoms with Crippen molar-refractivity contribution in [3.05, 3.63) is 77.1 Å². The van der Waals surface area contributed by atoms with Crippen molar-refractivity contribution >= 4 is 17.2 Å². The number of phenols is 1. The highest BCUT2D eigenvalue weighted by atomic mass is 32.1. The minimum atomic E-state index is -0.447. The number of phenolic OH excluding ortho intramolecular Hbond substituents is 1. The Hall–Kier alpha value is -3.45. The number of primary amides is 1. The molecule has 4 aromatic rings. The molecule has 7 heteroatoms. The van der Waals surface area contributed by atoms with E-state index in [4.69, 9.17) is 10.7 Å². The molecule has 0 saturated carbocycles. The molecule has 1 aromatic carbocycles. The maximum Gasteiger partial charge on any atom is 0.250 e. The number of aromatic nitrogens is 3. The number of pyridine rings is 1. The van der Waals surface area contributed by atoms with Gasteiger partial charge < -0.3 is 15.4 Å². The Morgan fingerprint density at radius 2 is 1.90 bits per heavy atom. The fourth-order valence-electron chi connectivity index (χ4n) is 3.32. The summed E-state index contributed by atoms with van der Waals surface area (Å²) in [5.74, 6) is -0.203. The summed E-state index contributed by atoms with van der Waals surface area (Å²) in [5.41, 5.74) is 10.7. The Bertz CT molecular complexity index is 1150. The number of thiazole rings is 1. The molecule has 0 aliphatic heterocycles. The van der Waals surface area contributed by atoms with Crippen LogP contribution in [-0.4, -0.2) is 25.5 Å². The van der Waals surface area contributed by atoms with Crippen LogP contribution in [0.15, 0.2) is 60.2 Å². The van der Waals surface area contributed by atoms with Crippen molar-refractivity contribution in [2.75, 3.05) is 0 Å². The quantitative estimate of drug-likeness (QED) is 0.507. The summed E-state index contributed by atoms with van der Waals surface area (Å²) in [5, 5.41) is 12.4. The first-order valence-electron chi connectivity index (χ1n) is 9.17. The maximum atomic E-state index is 11.9. The number of nitrogens with two attached hydrogens (primary N) is 1. The normalized spacial score (nSPS) is 10.9. The first kappa shape index (κ1) is 18.9. The van der Waals surface area contributed by atoms with E-state index < -0.39 is 5.91 Å². The zero-order valence-electron chi connectivity index (χ0n) is 15.9. The highest BCUT2D eigenvalue weighted by molar-refractivity contribution is 7.13. The molecule has 0 spiro atoms. The molecule has 3 aromatic heterocycles. The molecule has 4 rings (SSSR count). The Morgan fingerprint density at radius 1 is 1.17 bits per heavy atom. The Balaban J connectivity index is 1.69. The number of hydrogen-bond donors (Lipinski definition) is 2. The molecule has 0 atom stereocenters. The lowest BCUT2D eigenvalue weighted by atomic mass is 10.1. The van der Waals surface area contributed by atoms with Crippen molar-refractivity contribution in [2.45, 2.75) is 19.9 Å². The molecular formula is C22H20N4O2S. The number of rotatable bonds is 6. The van der Waals surface area contributed by atoms with Crippen LogP contribution in [0.5, 0.6) is 5.75 Å². The van der Waals surface area contributed by atoms with E-state index in [-0.39, 0.29) is 5.75 Å². The second-order valence-electron chi connectivity index (χ2n) is 6.73. The van der Waals surface area contributed by atoms with Crippen LogP contribution in [0.3, 0.4) is 0 Å². The van der Waals surface area contributed by atoms with Crippen LogP contribution in [-0.2, 0) is 13.0 Å². The van der Waals surface area contributed by atoms with Crippen LogP contribution in [0.25, 0.3) is 22.0 Å². The van der Waals surface area contributed by atoms with Gasteiger partial charge in [0.25, 0.3) is 5.91 Å². The minimum Gasteiger partial charge on any atom is -0.508 e. The molecule has 146 valence electrons. The number of hydrogen-bond acceptors (Lipinski definition) is 5. The Morgan fingerprint density at radius 3 is 2.59 bits per heavy atom. The van der Waals surface area contributed by atoms with Gasteiger partial charge in [0.05, 0.1) is 17.0 Å². The highest BCUT2D eigenvalue weighted by Crippen LogP contribution is 2.31. The molecule has 0 fully saturated rings. The van der Waals surface area contributed by atoms with Crippen molar-refractivity contribution in [2.24, 2.45) is 5.73 Å². The monoisotopic (exact) mass is 404 g/mol. The van der Waals surface area contributed by atoms with E-state index in [1.165, 1.54) is 0 Å². The number of aromatic hydroxyl groups is 1. The summed E-state index contributed by atoms with van der Waals surface area (Å²) in [6.07, 6.45) is 4.24. The number of nitrogens with zero attached hydrogens (tertiary/aromatic N) is 3. The van der Waals surface area contributed by atoms with Crippen LogP contribution >= 0.6 is 11.3 Å². The van der Waals surface area contributed by atoms with Gasteiger partial charge in [0.1, 0.15) is 10.8 Å². The average molecular weight is 404 g/mol. The molecule has 29 heavy (non-hydrogen) atoms. The van der Waals surface area contributed by atoms with Crippen LogP contribution in [0, 0.1) is 6.92 Å². The minimum absolute atomic E-state index is 0.244. The molecule has 0 unspecified atom stereocenters. The first-order valence-corrected chi connectivity index (χ1v) is 10.0. The Labute approximate surface area is 172 Å². The van der Waals surface area contributed by atoms with Gasteiger partial charge in [-0.1, -0.05) is 12.1 Å². The lowest BCUT2D eigenvalue weighted by molar-refractivity contribution is 0.0999. The molecule has 0 aliphatic carbocycles. The van der Waals surface area contributed by atoms with Gasteiger partial charge in [0.15, 0.2) is 0 Å². The first-order chi connectivity index (χ1) is 14.0. The SMILES string of the molecule is Cc1c(C(N)=O)cc(-c2csc(-c3ccncc3)n2)n1CCc1ccc(O)cc1. The van der Waals surface area contributed by atoms with Crippen molar-refractivity contribution < 1.29 is 9.90 Å². The van der Waals surface area contributed by atoms with Gasteiger partial charge in [-0.15, -0.1) is 11.3 Å². The zero-order valence-corrected chi connectivity index (χ0v) is 16.7. The lowest BCUT2D eigenvalue weighted by Gasteiger charge is -2.11. The standard InChI is InChI=1S/C22H20N4O2S/c1-14-18(21(23)28)12-20(26(14)11-8-15-2-4-17(27)5-3-15)19-13-29-22(25-19)16-6-9-24-10-7-16/h2-7,9-10,12-13,27H,8,11H2,1H3,(H2,23,28). The number of carbonyl (C=O) groups excluding carboxylic acids is 1. The molecule has 0 saturated heterocycles. The van der Waals surface area contributed by atoms with E-state index in [2.05, 4.69) is 9.55 Å². The molecule has 0 aliphatic rings. The number of carbonyl (C=O) groups is 1. The van der Waals surface area contributed by atoms with Gasteiger partial charge >= 0.3 is 0 Å². The molecule has 3 N–H and O–H groups in total. The summed E-state index contributed by atoms with van der Waals surface area (Å²) in [6.45, 7) is 2.57. The third kappa shape index (κ3) is 3.90. The highest BCUT2D eigenvalue weighted by Gasteiger charge is 2.19. The van der Waals surface area contributed by atoms with E-state index in [0.717, 1.165) is 39.6 Å². The summed E-state index contributed by atoms with van der Waals surface area (Å²) >= 11 is 1.55. The third-order valence-corrected chi connectivity index (χ3v) is 5.78. The van der Waals surface area contributed by atoms with Crippen molar-refractivity contribution in [1.29, 1.82) is 0 Å². The molecule has 3 heterocycles. The maximum absolute atomic E-state index is 11.9. The smallest absolute Gasteiger partial charge is 0.250 e. The molecule has 0 radical (unpaired) electrons. The second kappa shape index (κ2) is 7.89. The molecule has 6 nitrogen and oxygen atoms in total. The summed E-state index contributed by atoms with van der Waals surface area (Å²) < 4.78 is 2.08. The van der Waals surface area contributed by atoms with E-state index >= 15 is 0 Å². The van der Waals surface area contributed by atoms with Crippen molar-refractivity contribution in [3.8, 4) is 27.7 Å². The number of benzene rings is 1. The second-order valence-corrected chi connectivity index (χ2v) is 7.59. The summed E-state index contributed by atoms with van der Waals surface area (Å²) in [7, 11) is 0. The third-order valence-electron chi connectivity index (χ3n) is 4.89. The van der Waals surface area contributed by atoms with Crippen LogP contribution < -0.4 is 5.73 Å². The fraction of sp³-hybridized carbons (Fsp3) is 0.136. The predicted octanol–water partition coefficient (Wildman–Crippen LogP) is 4.03. The van der Waals surface area contributed by atoms with E-state index in [1.54, 1.807) is 35.9 Å². The number of aryl methyl sites for hydroxylation is 1.